The fourth-order valence-electron chi connectivity index (χ4n) is 2.32. The molecule has 0 fully saturated rings. The van der Waals surface area contributed by atoms with E-state index in [2.05, 4.69) is 25.2 Å². The van der Waals surface area contributed by atoms with Gasteiger partial charge in [-0.2, -0.15) is 0 Å². The predicted molar refractivity (Wildman–Crippen MR) is 95.7 cm³/mol. The summed E-state index contributed by atoms with van der Waals surface area (Å²) in [4.78, 5) is 13.6. The Morgan fingerprint density at radius 1 is 1.00 bits per heavy atom. The van der Waals surface area contributed by atoms with Crippen molar-refractivity contribution in [3.05, 3.63) is 59.7 Å². The lowest BCUT2D eigenvalue weighted by molar-refractivity contribution is -0.115. The summed E-state index contributed by atoms with van der Waals surface area (Å²) in [6.45, 7) is 8.27. The van der Waals surface area contributed by atoms with E-state index < -0.39 is 0 Å². The van der Waals surface area contributed by atoms with E-state index in [1.807, 2.05) is 56.3 Å². The highest BCUT2D eigenvalue weighted by Gasteiger charge is 2.17. The Labute approximate surface area is 137 Å². The van der Waals surface area contributed by atoms with Crippen LogP contribution < -0.4 is 5.32 Å². The molecule has 2 aromatic carbocycles. The van der Waals surface area contributed by atoms with Gasteiger partial charge in [0.1, 0.15) is 0 Å². The summed E-state index contributed by atoms with van der Waals surface area (Å²) in [6, 6.07) is 16.2. The van der Waals surface area contributed by atoms with Crippen LogP contribution in [0.5, 0.6) is 0 Å². The van der Waals surface area contributed by atoms with Crippen molar-refractivity contribution in [1.82, 2.24) is 0 Å². The van der Waals surface area contributed by atoms with Crippen molar-refractivity contribution in [2.75, 3.05) is 5.32 Å². The molecule has 0 saturated heterocycles. The van der Waals surface area contributed by atoms with Crippen molar-refractivity contribution in [1.29, 1.82) is 0 Å². The zero-order chi connectivity index (χ0) is 16.1. The van der Waals surface area contributed by atoms with Crippen LogP contribution in [0.1, 0.15) is 37.8 Å². The SMILES string of the molecule is Cc1cccc(C(C)C)c1NC(=O)[C@H](C)Sc1ccccc1. The van der Waals surface area contributed by atoms with Crippen molar-refractivity contribution < 1.29 is 4.79 Å². The molecular weight excluding hydrogens is 290 g/mol. The van der Waals surface area contributed by atoms with E-state index in [0.29, 0.717) is 5.92 Å². The first kappa shape index (κ1) is 16.6. The topological polar surface area (TPSA) is 29.1 Å². The smallest absolute Gasteiger partial charge is 0.237 e. The molecule has 2 nitrogen and oxygen atoms in total. The monoisotopic (exact) mass is 313 g/mol. The molecule has 0 saturated carbocycles. The van der Waals surface area contributed by atoms with Crippen LogP contribution in [0.4, 0.5) is 5.69 Å². The Kier molecular flexibility index (Phi) is 5.67. The lowest BCUT2D eigenvalue weighted by Crippen LogP contribution is -2.23. The molecule has 116 valence electrons. The second-order valence-corrected chi connectivity index (χ2v) is 7.17. The Hall–Kier alpha value is -1.74. The van der Waals surface area contributed by atoms with E-state index in [-0.39, 0.29) is 11.2 Å². The van der Waals surface area contributed by atoms with Crippen LogP contribution in [0, 0.1) is 6.92 Å². The number of anilines is 1. The molecule has 22 heavy (non-hydrogen) atoms. The van der Waals surface area contributed by atoms with Gasteiger partial charge in [-0.3, -0.25) is 4.79 Å². The van der Waals surface area contributed by atoms with Crippen LogP contribution in [0.3, 0.4) is 0 Å². The quantitative estimate of drug-likeness (QED) is 0.765. The molecule has 0 heterocycles. The summed E-state index contributed by atoms with van der Waals surface area (Å²) in [5.74, 6) is 0.428. The third kappa shape index (κ3) is 4.14. The number of carbonyl (C=O) groups is 1. The van der Waals surface area contributed by atoms with Crippen LogP contribution in [0.2, 0.25) is 0 Å². The Bertz CT molecular complexity index is 637. The van der Waals surface area contributed by atoms with Gasteiger partial charge in [0.2, 0.25) is 5.91 Å². The van der Waals surface area contributed by atoms with Gasteiger partial charge in [-0.05, 0) is 43.0 Å². The number of hydrogen-bond acceptors (Lipinski definition) is 2. The van der Waals surface area contributed by atoms with Crippen LogP contribution in [0.15, 0.2) is 53.4 Å². The number of nitrogens with one attached hydrogen (secondary N) is 1. The number of carbonyl (C=O) groups excluding carboxylic acids is 1. The average Bonchev–Trinajstić information content (AvgIpc) is 2.49. The number of hydrogen-bond donors (Lipinski definition) is 1. The van der Waals surface area contributed by atoms with Gasteiger partial charge in [0.25, 0.3) is 0 Å². The van der Waals surface area contributed by atoms with Gasteiger partial charge < -0.3 is 5.32 Å². The molecule has 0 aliphatic carbocycles. The van der Waals surface area contributed by atoms with E-state index >= 15 is 0 Å². The number of para-hydroxylation sites is 1. The van der Waals surface area contributed by atoms with Gasteiger partial charge in [-0.1, -0.05) is 50.2 Å². The molecule has 0 spiro atoms. The van der Waals surface area contributed by atoms with Crippen LogP contribution in [-0.2, 0) is 4.79 Å². The maximum atomic E-state index is 12.5. The van der Waals surface area contributed by atoms with Crippen molar-refractivity contribution in [2.45, 2.75) is 43.8 Å². The summed E-state index contributed by atoms with van der Waals surface area (Å²) in [6.07, 6.45) is 0. The van der Waals surface area contributed by atoms with Crippen LogP contribution in [0.25, 0.3) is 0 Å². The molecule has 0 unspecified atom stereocenters. The van der Waals surface area contributed by atoms with E-state index in [1.165, 1.54) is 5.56 Å². The Morgan fingerprint density at radius 3 is 2.32 bits per heavy atom. The molecule has 1 atom stereocenters. The van der Waals surface area contributed by atoms with Gasteiger partial charge in [-0.15, -0.1) is 11.8 Å². The normalized spacial score (nSPS) is 12.2. The summed E-state index contributed by atoms with van der Waals surface area (Å²) in [5.41, 5.74) is 3.25. The Balaban J connectivity index is 2.12. The second kappa shape index (κ2) is 7.50. The van der Waals surface area contributed by atoms with Crippen molar-refractivity contribution >= 4 is 23.4 Å². The molecule has 2 aromatic rings. The molecule has 1 amide bonds. The largest absolute Gasteiger partial charge is 0.325 e. The first-order valence-corrected chi connectivity index (χ1v) is 8.49. The minimum atomic E-state index is -0.137. The molecular formula is C19H23NOS. The minimum absolute atomic E-state index is 0.0463. The number of benzene rings is 2. The van der Waals surface area contributed by atoms with Crippen LogP contribution in [-0.4, -0.2) is 11.2 Å². The highest BCUT2D eigenvalue weighted by molar-refractivity contribution is 8.00. The van der Waals surface area contributed by atoms with Gasteiger partial charge in [-0.25, -0.2) is 0 Å². The van der Waals surface area contributed by atoms with Crippen molar-refractivity contribution in [3.63, 3.8) is 0 Å². The zero-order valence-corrected chi connectivity index (χ0v) is 14.4. The third-order valence-corrected chi connectivity index (χ3v) is 4.71. The lowest BCUT2D eigenvalue weighted by atomic mass is 9.98. The third-order valence-electron chi connectivity index (χ3n) is 3.60. The van der Waals surface area contributed by atoms with E-state index in [0.717, 1.165) is 16.1 Å². The number of aryl methyl sites for hydroxylation is 1. The summed E-state index contributed by atoms with van der Waals surface area (Å²) in [7, 11) is 0. The fourth-order valence-corrected chi connectivity index (χ4v) is 3.21. The van der Waals surface area contributed by atoms with Gasteiger partial charge in [0.15, 0.2) is 0 Å². The van der Waals surface area contributed by atoms with Gasteiger partial charge >= 0.3 is 0 Å². The maximum absolute atomic E-state index is 12.5. The molecule has 3 heteroatoms. The van der Waals surface area contributed by atoms with E-state index in [1.54, 1.807) is 11.8 Å². The summed E-state index contributed by atoms with van der Waals surface area (Å²) < 4.78 is 0. The Morgan fingerprint density at radius 2 is 1.68 bits per heavy atom. The minimum Gasteiger partial charge on any atom is -0.325 e. The van der Waals surface area contributed by atoms with Crippen molar-refractivity contribution in [3.8, 4) is 0 Å². The number of amides is 1. The van der Waals surface area contributed by atoms with E-state index in [4.69, 9.17) is 0 Å². The molecule has 1 N–H and O–H groups in total. The number of thioether (sulfide) groups is 1. The molecule has 0 bridgehead atoms. The van der Waals surface area contributed by atoms with Gasteiger partial charge in [0.05, 0.1) is 5.25 Å². The van der Waals surface area contributed by atoms with Crippen LogP contribution >= 0.6 is 11.8 Å². The lowest BCUT2D eigenvalue weighted by Gasteiger charge is -2.18. The number of rotatable bonds is 5. The molecule has 0 aliphatic heterocycles. The maximum Gasteiger partial charge on any atom is 0.237 e. The zero-order valence-electron chi connectivity index (χ0n) is 13.6. The van der Waals surface area contributed by atoms with E-state index in [9.17, 15) is 4.79 Å². The molecule has 0 aliphatic rings. The van der Waals surface area contributed by atoms with Gasteiger partial charge in [0, 0.05) is 10.6 Å². The highest BCUT2D eigenvalue weighted by Crippen LogP contribution is 2.29. The highest BCUT2D eigenvalue weighted by atomic mass is 32.2. The molecule has 2 rings (SSSR count). The molecule has 0 aromatic heterocycles. The second-order valence-electron chi connectivity index (χ2n) is 5.76. The first-order chi connectivity index (χ1) is 10.5. The molecule has 0 radical (unpaired) electrons. The fraction of sp³-hybridized carbons (Fsp3) is 0.316. The average molecular weight is 313 g/mol. The van der Waals surface area contributed by atoms with Crippen molar-refractivity contribution in [2.24, 2.45) is 0 Å². The summed E-state index contributed by atoms with van der Waals surface area (Å²) >= 11 is 1.58. The summed E-state index contributed by atoms with van der Waals surface area (Å²) in [5, 5.41) is 2.98. The first-order valence-electron chi connectivity index (χ1n) is 7.61. The standard InChI is InChI=1S/C19H23NOS/c1-13(2)17-12-8-9-14(3)18(17)20-19(21)15(4)22-16-10-6-5-7-11-16/h5-13,15H,1-4H3,(H,20,21)/t15-/m0/s1. The predicted octanol–water partition coefficient (Wildman–Crippen LogP) is 5.24.